The summed E-state index contributed by atoms with van der Waals surface area (Å²) in [5, 5.41) is 2.27. The van der Waals surface area contributed by atoms with Gasteiger partial charge >= 0.3 is 0 Å². The van der Waals surface area contributed by atoms with E-state index in [-0.39, 0.29) is 24.5 Å². The van der Waals surface area contributed by atoms with Gasteiger partial charge in [0.1, 0.15) is 6.04 Å². The molecule has 5 aliphatic rings. The van der Waals surface area contributed by atoms with Crippen LogP contribution in [0.2, 0.25) is 0 Å². The van der Waals surface area contributed by atoms with Crippen LogP contribution >= 0.6 is 0 Å². The topological polar surface area (TPSA) is 158 Å². The van der Waals surface area contributed by atoms with E-state index >= 15 is 0 Å². The molecule has 0 saturated carbocycles. The second-order valence-corrected chi connectivity index (χ2v) is 16.6. The fourth-order valence-electron chi connectivity index (χ4n) is 10.1. The van der Waals surface area contributed by atoms with Crippen LogP contribution in [-0.4, -0.2) is 130 Å². The Morgan fingerprint density at radius 2 is 1.49 bits per heavy atom. The van der Waals surface area contributed by atoms with Crippen molar-refractivity contribution >= 4 is 51.8 Å². The predicted octanol–water partition coefficient (Wildman–Crippen LogP) is 4.61. The molecule has 14 nitrogen and oxygen atoms in total. The Hall–Kier alpha value is -6.12. The number of anilines is 2. The number of fused-ring (bicyclic) bond motifs is 2. The highest BCUT2D eigenvalue weighted by molar-refractivity contribution is 6.25. The Labute approximate surface area is 341 Å². The van der Waals surface area contributed by atoms with Crippen molar-refractivity contribution in [3.8, 4) is 22.6 Å². The molecule has 59 heavy (non-hydrogen) atoms. The maximum absolute atomic E-state index is 13.6. The van der Waals surface area contributed by atoms with Crippen LogP contribution in [0.25, 0.3) is 33.7 Å². The summed E-state index contributed by atoms with van der Waals surface area (Å²) in [6, 6.07) is 21.7. The number of aromatic nitrogens is 3. The number of imidazole rings is 1. The summed E-state index contributed by atoms with van der Waals surface area (Å²) in [6.07, 6.45) is 2.47. The Balaban J connectivity index is 0.741. The minimum atomic E-state index is -0.972. The van der Waals surface area contributed by atoms with Crippen molar-refractivity contribution in [1.82, 2.24) is 35.0 Å². The largest absolute Gasteiger partial charge is 0.369 e. The first kappa shape index (κ1) is 37.2. The molecule has 7 heterocycles. The zero-order valence-electron chi connectivity index (χ0n) is 33.3. The summed E-state index contributed by atoms with van der Waals surface area (Å²) in [5.74, 6) is -1.17. The van der Waals surface area contributed by atoms with E-state index in [0.717, 1.165) is 109 Å². The molecule has 1 atom stereocenters. The van der Waals surface area contributed by atoms with Gasteiger partial charge in [0.25, 0.3) is 11.8 Å². The second kappa shape index (κ2) is 14.6. The number of aromatic amines is 2. The first-order chi connectivity index (χ1) is 28.6. The molecule has 0 aliphatic carbocycles. The summed E-state index contributed by atoms with van der Waals surface area (Å²) < 4.78 is 0. The van der Waals surface area contributed by atoms with E-state index in [4.69, 9.17) is 4.98 Å². The molecule has 0 bridgehead atoms. The molecule has 5 aliphatic heterocycles. The quantitative estimate of drug-likeness (QED) is 0.150. The van der Waals surface area contributed by atoms with Crippen LogP contribution in [0.5, 0.6) is 0 Å². The van der Waals surface area contributed by atoms with Gasteiger partial charge in [0.2, 0.25) is 11.8 Å². The number of nitrogens with one attached hydrogen (secondary N) is 3. The lowest BCUT2D eigenvalue weighted by molar-refractivity contribution is -0.136. The number of likely N-dealkylation sites (tertiary alicyclic amines) is 1. The highest BCUT2D eigenvalue weighted by Gasteiger charge is 2.47. The molecule has 3 N–H and O–H groups in total. The zero-order valence-corrected chi connectivity index (χ0v) is 33.3. The molecule has 1 unspecified atom stereocenters. The molecular formula is C45H47N9O5. The molecule has 4 amide bonds. The van der Waals surface area contributed by atoms with Crippen molar-refractivity contribution in [2.45, 2.75) is 57.7 Å². The molecule has 2 aromatic heterocycles. The van der Waals surface area contributed by atoms with Gasteiger partial charge in [-0.25, -0.2) is 4.98 Å². The molecule has 4 fully saturated rings. The summed E-state index contributed by atoms with van der Waals surface area (Å²) >= 11 is 0. The van der Waals surface area contributed by atoms with Gasteiger partial charge in [0.05, 0.1) is 33.5 Å². The number of Topliss-reactive ketones (excluding diaryl/α,β-unsaturated/α-hetero) is 1. The van der Waals surface area contributed by atoms with Crippen LogP contribution < -0.4 is 15.1 Å². The van der Waals surface area contributed by atoms with Gasteiger partial charge in [-0.3, -0.25) is 44.0 Å². The van der Waals surface area contributed by atoms with Gasteiger partial charge in [-0.05, 0) is 69.0 Å². The third-order valence-corrected chi connectivity index (χ3v) is 13.2. The number of hydrogen-bond acceptors (Lipinski definition) is 10. The van der Waals surface area contributed by atoms with Crippen molar-refractivity contribution < 1.29 is 24.0 Å². The number of carbonyl (C=O) groups is 5. The fraction of sp³-hybridized carbons (Fsp3) is 0.378. The SMILES string of the molecule is CC(=O)c1c(C)[nH]c(-c2nc3ccc(N4CCN(C5CCN(C6CN(c7cccc8c7C(=O)N(C7CCC(=O)NC7=O)C8=O)C6)CC5)CC4)cc3[nH]2)c1-c1ccccc1. The molecular weight excluding hydrogens is 747 g/mol. The highest BCUT2D eigenvalue weighted by Crippen LogP contribution is 2.39. The van der Waals surface area contributed by atoms with Gasteiger partial charge in [-0.1, -0.05) is 36.4 Å². The zero-order chi connectivity index (χ0) is 40.5. The molecule has 10 rings (SSSR count). The molecule has 0 spiro atoms. The molecule has 14 heteroatoms. The number of aryl methyl sites for hydroxylation is 1. The third-order valence-electron chi connectivity index (χ3n) is 13.2. The van der Waals surface area contributed by atoms with Crippen LogP contribution in [-0.2, 0) is 9.59 Å². The normalized spacial score (nSPS) is 21.1. The summed E-state index contributed by atoms with van der Waals surface area (Å²) in [5.41, 5.74) is 8.63. The van der Waals surface area contributed by atoms with E-state index in [9.17, 15) is 24.0 Å². The average Bonchev–Trinajstić information content (AvgIpc) is 3.89. The minimum absolute atomic E-state index is 0.0205. The predicted molar refractivity (Wildman–Crippen MR) is 224 cm³/mol. The maximum Gasteiger partial charge on any atom is 0.264 e. The van der Waals surface area contributed by atoms with E-state index in [1.54, 1.807) is 19.1 Å². The molecule has 5 aromatic rings. The number of imide groups is 2. The standard InChI is InChI=1S/C45H47N9O5/c1-26-38(27(2)55)39(28-7-4-3-5-8-28)41(46-26)42-47-33-12-11-30(23-34(33)48-42)52-21-19-51(20-22-52)29-15-17-50(18-16-29)31-24-53(25-31)35-10-6-9-32-40(35)45(59)54(44(32)58)36-13-14-37(56)49-43(36)57/h3-12,23,29,31,36,46H,13-22,24-25H2,1-2H3,(H,47,48)(H,49,56,57). The number of amides is 4. The second-order valence-electron chi connectivity index (χ2n) is 16.6. The van der Waals surface area contributed by atoms with Crippen LogP contribution in [0.15, 0.2) is 66.7 Å². The average molecular weight is 794 g/mol. The number of piperazine rings is 1. The lowest BCUT2D eigenvalue weighted by Gasteiger charge is -2.50. The van der Waals surface area contributed by atoms with Gasteiger partial charge in [0, 0.05) is 93.4 Å². The number of nitrogens with zero attached hydrogens (tertiary/aromatic N) is 6. The van der Waals surface area contributed by atoms with Crippen molar-refractivity contribution in [2.75, 3.05) is 62.2 Å². The minimum Gasteiger partial charge on any atom is -0.369 e. The van der Waals surface area contributed by atoms with Crippen molar-refractivity contribution in [3.05, 3.63) is 89.1 Å². The maximum atomic E-state index is 13.6. The number of hydrogen-bond donors (Lipinski definition) is 3. The molecule has 302 valence electrons. The van der Waals surface area contributed by atoms with E-state index in [2.05, 4.69) is 53.1 Å². The third kappa shape index (κ3) is 6.41. The van der Waals surface area contributed by atoms with Crippen molar-refractivity contribution in [3.63, 3.8) is 0 Å². The number of benzene rings is 3. The van der Waals surface area contributed by atoms with Gasteiger partial charge in [-0.15, -0.1) is 0 Å². The highest BCUT2D eigenvalue weighted by atomic mass is 16.2. The summed E-state index contributed by atoms with van der Waals surface area (Å²) in [6.45, 7) is 11.1. The van der Waals surface area contributed by atoms with Gasteiger partial charge in [-0.2, -0.15) is 0 Å². The Morgan fingerprint density at radius 3 is 2.22 bits per heavy atom. The summed E-state index contributed by atoms with van der Waals surface area (Å²) in [4.78, 5) is 86.8. The number of rotatable bonds is 8. The number of carbonyl (C=O) groups excluding carboxylic acids is 5. The summed E-state index contributed by atoms with van der Waals surface area (Å²) in [7, 11) is 0. The van der Waals surface area contributed by atoms with E-state index < -0.39 is 23.8 Å². The number of H-pyrrole nitrogens is 2. The fourth-order valence-corrected chi connectivity index (χ4v) is 10.1. The molecule has 3 aromatic carbocycles. The lowest BCUT2D eigenvalue weighted by Crippen LogP contribution is -2.62. The first-order valence-corrected chi connectivity index (χ1v) is 20.7. The Kier molecular flexibility index (Phi) is 9.20. The number of ketones is 1. The van der Waals surface area contributed by atoms with Crippen LogP contribution in [0.3, 0.4) is 0 Å². The Bertz CT molecular complexity index is 2520. The van der Waals surface area contributed by atoms with Crippen LogP contribution in [0, 0.1) is 6.92 Å². The Morgan fingerprint density at radius 1 is 0.746 bits per heavy atom. The molecule has 0 radical (unpaired) electrons. The van der Waals surface area contributed by atoms with E-state index in [0.29, 0.717) is 34.6 Å². The lowest BCUT2D eigenvalue weighted by atomic mass is 9.96. The smallest absolute Gasteiger partial charge is 0.264 e. The van der Waals surface area contributed by atoms with E-state index in [1.165, 1.54) is 5.69 Å². The van der Waals surface area contributed by atoms with E-state index in [1.807, 2.05) is 43.3 Å². The van der Waals surface area contributed by atoms with Gasteiger partial charge in [0.15, 0.2) is 11.6 Å². The monoisotopic (exact) mass is 793 g/mol. The van der Waals surface area contributed by atoms with Crippen LogP contribution in [0.4, 0.5) is 11.4 Å². The number of piperidine rings is 2. The first-order valence-electron chi connectivity index (χ1n) is 20.7. The molecule has 4 saturated heterocycles. The van der Waals surface area contributed by atoms with Crippen molar-refractivity contribution in [1.29, 1.82) is 0 Å². The van der Waals surface area contributed by atoms with Crippen LogP contribution in [0.1, 0.15) is 69.4 Å². The van der Waals surface area contributed by atoms with Gasteiger partial charge < -0.3 is 19.8 Å². The van der Waals surface area contributed by atoms with Crippen molar-refractivity contribution in [2.24, 2.45) is 0 Å².